The minimum atomic E-state index is -0.375. The number of aromatic nitrogens is 3. The van der Waals surface area contributed by atoms with E-state index in [1.54, 1.807) is 25.8 Å². The van der Waals surface area contributed by atoms with Gasteiger partial charge in [0.25, 0.3) is 0 Å². The molecule has 0 aliphatic carbocycles. The molecule has 1 unspecified atom stereocenters. The lowest BCUT2D eigenvalue weighted by Crippen LogP contribution is -2.27. The molecule has 1 aliphatic heterocycles. The molecule has 7 nitrogen and oxygen atoms in total. The zero-order valence-corrected chi connectivity index (χ0v) is 20.6. The highest BCUT2D eigenvalue weighted by Crippen LogP contribution is 2.39. The van der Waals surface area contributed by atoms with Gasteiger partial charge in [-0.2, -0.15) is 4.98 Å². The zero-order chi connectivity index (χ0) is 23.1. The second-order valence-electron chi connectivity index (χ2n) is 7.95. The number of methoxy groups -OCH3 is 1. The molecule has 0 amide bonds. The molecule has 1 N–H and O–H groups in total. The molecule has 2 heterocycles. The van der Waals surface area contributed by atoms with Crippen LogP contribution >= 0.6 is 11.8 Å². The van der Waals surface area contributed by atoms with Gasteiger partial charge in [-0.15, -0.1) is 5.10 Å². The molecule has 174 valence electrons. The maximum Gasteiger partial charge on any atom is 0.227 e. The van der Waals surface area contributed by atoms with Gasteiger partial charge in [0, 0.05) is 17.0 Å². The second kappa shape index (κ2) is 11.4. The highest BCUT2D eigenvalue weighted by molar-refractivity contribution is 7.99. The van der Waals surface area contributed by atoms with Gasteiger partial charge in [-0.05, 0) is 44.4 Å². The number of anilines is 1. The SMILES string of the molecule is CCCCCCOc1ccc(C2C(C(C)=O)=C(C)Nc3nc(SCCC)nn32)cc1OC. The Labute approximate surface area is 195 Å². The van der Waals surface area contributed by atoms with Crippen LogP contribution < -0.4 is 14.8 Å². The Hall–Kier alpha value is -2.48. The quantitative estimate of drug-likeness (QED) is 0.326. The number of thioether (sulfide) groups is 1. The number of nitrogens with one attached hydrogen (secondary N) is 1. The van der Waals surface area contributed by atoms with Crippen LogP contribution in [0.25, 0.3) is 0 Å². The molecule has 8 heteroatoms. The summed E-state index contributed by atoms with van der Waals surface area (Å²) in [5, 5.41) is 8.67. The van der Waals surface area contributed by atoms with Gasteiger partial charge in [-0.3, -0.25) is 4.79 Å². The van der Waals surface area contributed by atoms with Crippen molar-refractivity contribution in [2.75, 3.05) is 24.8 Å². The molecule has 1 atom stereocenters. The molecular weight excluding hydrogens is 424 g/mol. The van der Waals surface area contributed by atoms with Crippen molar-refractivity contribution in [3.05, 3.63) is 35.0 Å². The normalized spacial score (nSPS) is 15.3. The Morgan fingerprint density at radius 1 is 1.19 bits per heavy atom. The maximum atomic E-state index is 12.6. The first-order chi connectivity index (χ1) is 15.5. The van der Waals surface area contributed by atoms with Crippen LogP contribution in [0, 0.1) is 0 Å². The molecule has 0 bridgehead atoms. The summed E-state index contributed by atoms with van der Waals surface area (Å²) >= 11 is 1.62. The molecule has 0 fully saturated rings. The summed E-state index contributed by atoms with van der Waals surface area (Å²) in [5.41, 5.74) is 2.37. The van der Waals surface area contributed by atoms with Crippen LogP contribution in [-0.2, 0) is 4.79 Å². The number of fused-ring (bicyclic) bond motifs is 1. The molecule has 0 spiro atoms. The van der Waals surface area contributed by atoms with E-state index in [0.29, 0.717) is 34.8 Å². The minimum absolute atomic E-state index is 0.000807. The monoisotopic (exact) mass is 458 g/mol. The van der Waals surface area contributed by atoms with Gasteiger partial charge in [0.1, 0.15) is 6.04 Å². The standard InChI is InChI=1S/C24H34N4O3S/c1-6-8-9-10-13-31-19-12-11-18(15-20(19)30-5)22-21(17(4)29)16(3)25-23-26-24(27-28(22)23)32-14-7-2/h11-12,15,22H,6-10,13-14H2,1-5H3,(H,25,26,27). The lowest BCUT2D eigenvalue weighted by molar-refractivity contribution is -0.114. The van der Waals surface area contributed by atoms with Gasteiger partial charge in [-0.1, -0.05) is 50.9 Å². The first-order valence-electron chi connectivity index (χ1n) is 11.4. The number of carbonyl (C=O) groups is 1. The van der Waals surface area contributed by atoms with E-state index in [-0.39, 0.29) is 11.8 Å². The average molecular weight is 459 g/mol. The predicted molar refractivity (Wildman–Crippen MR) is 129 cm³/mol. The van der Waals surface area contributed by atoms with Gasteiger partial charge in [-0.25, -0.2) is 4.68 Å². The van der Waals surface area contributed by atoms with E-state index in [1.165, 1.54) is 12.8 Å². The summed E-state index contributed by atoms with van der Waals surface area (Å²) in [6.07, 6.45) is 5.63. The number of ketones is 1. The number of unbranched alkanes of at least 4 members (excludes halogenated alkanes) is 3. The summed E-state index contributed by atoms with van der Waals surface area (Å²) in [4.78, 5) is 17.2. The molecule has 1 aliphatic rings. The van der Waals surface area contributed by atoms with E-state index in [0.717, 1.165) is 36.3 Å². The van der Waals surface area contributed by atoms with Crippen molar-refractivity contribution in [3.63, 3.8) is 0 Å². The topological polar surface area (TPSA) is 78.3 Å². The largest absolute Gasteiger partial charge is 0.493 e. The van der Waals surface area contributed by atoms with E-state index < -0.39 is 0 Å². The molecule has 1 aromatic carbocycles. The molecule has 1 aromatic heterocycles. The number of nitrogens with zero attached hydrogens (tertiary/aromatic N) is 3. The van der Waals surface area contributed by atoms with Crippen molar-refractivity contribution in [2.24, 2.45) is 0 Å². The van der Waals surface area contributed by atoms with E-state index >= 15 is 0 Å². The van der Waals surface area contributed by atoms with Crippen molar-refractivity contribution < 1.29 is 14.3 Å². The number of benzene rings is 1. The Morgan fingerprint density at radius 3 is 2.69 bits per heavy atom. The maximum absolute atomic E-state index is 12.6. The number of Topliss-reactive ketones (excluding diaryl/α,β-unsaturated/α-hetero) is 1. The number of allylic oxidation sites excluding steroid dienone is 2. The van der Waals surface area contributed by atoms with Crippen LogP contribution in [0.5, 0.6) is 11.5 Å². The Balaban J connectivity index is 1.93. The van der Waals surface area contributed by atoms with Crippen molar-refractivity contribution in [1.82, 2.24) is 14.8 Å². The Morgan fingerprint density at radius 2 is 2.00 bits per heavy atom. The zero-order valence-electron chi connectivity index (χ0n) is 19.7. The van der Waals surface area contributed by atoms with Crippen LogP contribution in [0.2, 0.25) is 0 Å². The average Bonchev–Trinajstić information content (AvgIpc) is 3.18. The molecule has 0 saturated carbocycles. The number of hydrogen-bond acceptors (Lipinski definition) is 7. The number of carbonyl (C=O) groups excluding carboxylic acids is 1. The fraction of sp³-hybridized carbons (Fsp3) is 0.542. The van der Waals surface area contributed by atoms with Gasteiger partial charge >= 0.3 is 0 Å². The lowest BCUT2D eigenvalue weighted by atomic mass is 9.93. The van der Waals surface area contributed by atoms with E-state index in [1.807, 2.05) is 29.8 Å². The van der Waals surface area contributed by atoms with Crippen LogP contribution in [0.3, 0.4) is 0 Å². The fourth-order valence-corrected chi connectivity index (χ4v) is 4.52. The van der Waals surface area contributed by atoms with Crippen LogP contribution in [0.15, 0.2) is 34.6 Å². The number of ether oxygens (including phenoxy) is 2. The molecule has 32 heavy (non-hydrogen) atoms. The summed E-state index contributed by atoms with van der Waals surface area (Å²) in [5.74, 6) is 2.95. The van der Waals surface area contributed by atoms with Crippen molar-refractivity contribution in [3.8, 4) is 11.5 Å². The van der Waals surface area contributed by atoms with Gasteiger partial charge in [0.15, 0.2) is 17.3 Å². The van der Waals surface area contributed by atoms with Crippen molar-refractivity contribution >= 4 is 23.5 Å². The van der Waals surface area contributed by atoms with Gasteiger partial charge in [0.05, 0.1) is 13.7 Å². The van der Waals surface area contributed by atoms with Crippen LogP contribution in [0.1, 0.15) is 71.4 Å². The minimum Gasteiger partial charge on any atom is -0.493 e. The Kier molecular flexibility index (Phi) is 8.61. The van der Waals surface area contributed by atoms with E-state index in [9.17, 15) is 4.79 Å². The Bertz CT molecular complexity index is 970. The van der Waals surface area contributed by atoms with E-state index in [4.69, 9.17) is 14.6 Å². The first kappa shape index (κ1) is 24.2. The first-order valence-corrected chi connectivity index (χ1v) is 12.4. The van der Waals surface area contributed by atoms with Crippen LogP contribution in [-0.4, -0.2) is 40.0 Å². The lowest BCUT2D eigenvalue weighted by Gasteiger charge is -2.28. The molecule has 3 rings (SSSR count). The van der Waals surface area contributed by atoms with Crippen LogP contribution in [0.4, 0.5) is 5.95 Å². The fourth-order valence-electron chi connectivity index (χ4n) is 3.83. The molecule has 2 aromatic rings. The highest BCUT2D eigenvalue weighted by Gasteiger charge is 2.33. The molecule has 0 radical (unpaired) electrons. The summed E-state index contributed by atoms with van der Waals surface area (Å²) in [6.45, 7) is 8.48. The smallest absolute Gasteiger partial charge is 0.227 e. The second-order valence-corrected chi connectivity index (χ2v) is 9.01. The number of rotatable bonds is 12. The summed E-state index contributed by atoms with van der Waals surface area (Å²) in [7, 11) is 1.64. The molecule has 0 saturated heterocycles. The highest BCUT2D eigenvalue weighted by atomic mass is 32.2. The third-order valence-electron chi connectivity index (χ3n) is 5.41. The number of hydrogen-bond donors (Lipinski definition) is 1. The summed E-state index contributed by atoms with van der Waals surface area (Å²) in [6, 6.07) is 5.48. The summed E-state index contributed by atoms with van der Waals surface area (Å²) < 4.78 is 13.4. The van der Waals surface area contributed by atoms with Crippen molar-refractivity contribution in [1.29, 1.82) is 0 Å². The third kappa shape index (κ3) is 5.46. The van der Waals surface area contributed by atoms with Gasteiger partial charge in [0.2, 0.25) is 11.1 Å². The van der Waals surface area contributed by atoms with Crippen molar-refractivity contribution in [2.45, 2.75) is 71.0 Å². The predicted octanol–water partition coefficient (Wildman–Crippen LogP) is 5.63. The van der Waals surface area contributed by atoms with E-state index in [2.05, 4.69) is 24.1 Å². The molecular formula is C24H34N4O3S. The van der Waals surface area contributed by atoms with Gasteiger partial charge < -0.3 is 14.8 Å². The third-order valence-corrected chi connectivity index (χ3v) is 6.45.